The van der Waals surface area contributed by atoms with E-state index in [1.165, 1.54) is 4.90 Å². The fourth-order valence-corrected chi connectivity index (χ4v) is 2.39. The number of benzene rings is 1. The molecule has 1 fully saturated rings. The number of aliphatic carboxylic acids is 1. The third-order valence-electron chi connectivity index (χ3n) is 3.49. The second-order valence-corrected chi connectivity index (χ2v) is 4.89. The number of likely N-dealkylation sites (tertiary alicyclic amines) is 1. The van der Waals surface area contributed by atoms with Crippen LogP contribution in [0.4, 0.5) is 0 Å². The molecule has 6 nitrogen and oxygen atoms in total. The maximum atomic E-state index is 11.9. The zero-order chi connectivity index (χ0) is 14.7. The zero-order valence-corrected chi connectivity index (χ0v) is 10.9. The number of nitrogens with zero attached hydrogens (tertiary/aromatic N) is 1. The Balaban J connectivity index is 2.15. The number of rotatable bonds is 5. The molecule has 2 rings (SSSR count). The Labute approximate surface area is 116 Å². The molecule has 1 aliphatic rings. The number of carboxylic acid groups (broad SMARTS) is 1. The summed E-state index contributed by atoms with van der Waals surface area (Å²) in [4.78, 5) is 35.7. The molecule has 0 spiro atoms. The molecule has 0 aliphatic carbocycles. The van der Waals surface area contributed by atoms with Crippen molar-refractivity contribution in [3.05, 3.63) is 35.9 Å². The molecular formula is C14H16N2O4. The highest BCUT2D eigenvalue weighted by Crippen LogP contribution is 2.22. The molecule has 0 saturated carbocycles. The van der Waals surface area contributed by atoms with E-state index in [1.807, 2.05) is 30.3 Å². The lowest BCUT2D eigenvalue weighted by Gasteiger charge is -2.24. The molecule has 0 radical (unpaired) electrons. The molecule has 0 bridgehead atoms. The summed E-state index contributed by atoms with van der Waals surface area (Å²) >= 11 is 0. The number of carboxylic acids is 1. The highest BCUT2D eigenvalue weighted by molar-refractivity contribution is 5.91. The topological polar surface area (TPSA) is 101 Å². The SMILES string of the molecule is NC(=O)C1CC(=O)N(C(Cc2ccccc2)C(=O)O)C1. The van der Waals surface area contributed by atoms with Crippen LogP contribution in [0.5, 0.6) is 0 Å². The van der Waals surface area contributed by atoms with Gasteiger partial charge in [-0.2, -0.15) is 0 Å². The highest BCUT2D eigenvalue weighted by atomic mass is 16.4. The first-order valence-electron chi connectivity index (χ1n) is 6.34. The van der Waals surface area contributed by atoms with E-state index in [4.69, 9.17) is 5.73 Å². The van der Waals surface area contributed by atoms with Gasteiger partial charge >= 0.3 is 5.97 Å². The van der Waals surface area contributed by atoms with Gasteiger partial charge in [0.15, 0.2) is 0 Å². The van der Waals surface area contributed by atoms with Gasteiger partial charge in [-0.25, -0.2) is 4.79 Å². The number of carbonyl (C=O) groups excluding carboxylic acids is 2. The highest BCUT2D eigenvalue weighted by Gasteiger charge is 2.39. The van der Waals surface area contributed by atoms with Gasteiger partial charge in [0.05, 0.1) is 5.92 Å². The Morgan fingerprint density at radius 2 is 2.00 bits per heavy atom. The summed E-state index contributed by atoms with van der Waals surface area (Å²) in [6.45, 7) is 0.0813. The molecule has 2 amide bonds. The van der Waals surface area contributed by atoms with Crippen molar-refractivity contribution in [1.29, 1.82) is 0 Å². The first kappa shape index (κ1) is 14.0. The molecule has 2 unspecified atom stereocenters. The summed E-state index contributed by atoms with van der Waals surface area (Å²) in [5.74, 6) is -2.57. The van der Waals surface area contributed by atoms with Gasteiger partial charge in [-0.15, -0.1) is 0 Å². The van der Waals surface area contributed by atoms with Crippen molar-refractivity contribution >= 4 is 17.8 Å². The second kappa shape index (κ2) is 5.73. The van der Waals surface area contributed by atoms with Crippen molar-refractivity contribution in [3.8, 4) is 0 Å². The van der Waals surface area contributed by atoms with Crippen LogP contribution in [0.2, 0.25) is 0 Å². The molecule has 1 heterocycles. The van der Waals surface area contributed by atoms with Gasteiger partial charge in [0.25, 0.3) is 0 Å². The van der Waals surface area contributed by atoms with Crippen LogP contribution in [0.3, 0.4) is 0 Å². The lowest BCUT2D eigenvalue weighted by atomic mass is 10.0. The summed E-state index contributed by atoms with van der Waals surface area (Å²) < 4.78 is 0. The monoisotopic (exact) mass is 276 g/mol. The fraction of sp³-hybridized carbons (Fsp3) is 0.357. The molecule has 1 saturated heterocycles. The van der Waals surface area contributed by atoms with Crippen molar-refractivity contribution in [2.45, 2.75) is 18.9 Å². The first-order chi connectivity index (χ1) is 9.49. The molecular weight excluding hydrogens is 260 g/mol. The smallest absolute Gasteiger partial charge is 0.326 e. The number of hydrogen-bond donors (Lipinski definition) is 2. The van der Waals surface area contributed by atoms with E-state index in [0.29, 0.717) is 0 Å². The van der Waals surface area contributed by atoms with E-state index in [9.17, 15) is 19.5 Å². The first-order valence-corrected chi connectivity index (χ1v) is 6.34. The minimum atomic E-state index is -1.08. The van der Waals surface area contributed by atoms with Crippen LogP contribution < -0.4 is 5.73 Å². The van der Waals surface area contributed by atoms with Crippen LogP contribution in [0.15, 0.2) is 30.3 Å². The van der Waals surface area contributed by atoms with Gasteiger partial charge < -0.3 is 15.7 Å². The molecule has 1 aromatic rings. The van der Waals surface area contributed by atoms with Gasteiger partial charge in [-0.1, -0.05) is 30.3 Å². The number of primary amides is 1. The maximum absolute atomic E-state index is 11.9. The number of amides is 2. The number of hydrogen-bond acceptors (Lipinski definition) is 3. The van der Waals surface area contributed by atoms with Gasteiger partial charge in [-0.3, -0.25) is 9.59 Å². The standard InChI is InChI=1S/C14H16N2O4/c15-13(18)10-7-12(17)16(8-10)11(14(19)20)6-9-4-2-1-3-5-9/h1-5,10-11H,6-8H2,(H2,15,18)(H,19,20). The van der Waals surface area contributed by atoms with E-state index < -0.39 is 23.8 Å². The Kier molecular flexibility index (Phi) is 4.02. The minimum absolute atomic E-state index is 0.00605. The normalized spacial score (nSPS) is 19.9. The van der Waals surface area contributed by atoms with E-state index in [-0.39, 0.29) is 25.3 Å². The van der Waals surface area contributed by atoms with Crippen LogP contribution >= 0.6 is 0 Å². The van der Waals surface area contributed by atoms with Crippen molar-refractivity contribution in [2.24, 2.45) is 11.7 Å². The van der Waals surface area contributed by atoms with Crippen LogP contribution in [0, 0.1) is 5.92 Å². The van der Waals surface area contributed by atoms with Crippen LogP contribution in [0.1, 0.15) is 12.0 Å². The molecule has 20 heavy (non-hydrogen) atoms. The second-order valence-electron chi connectivity index (χ2n) is 4.89. The average Bonchev–Trinajstić information content (AvgIpc) is 2.79. The van der Waals surface area contributed by atoms with Gasteiger partial charge in [0.2, 0.25) is 11.8 Å². The van der Waals surface area contributed by atoms with Crippen molar-refractivity contribution in [3.63, 3.8) is 0 Å². The molecule has 2 atom stereocenters. The van der Waals surface area contributed by atoms with Gasteiger partial charge in [0, 0.05) is 19.4 Å². The van der Waals surface area contributed by atoms with Gasteiger partial charge in [0.1, 0.15) is 6.04 Å². The molecule has 0 aromatic heterocycles. The predicted molar refractivity (Wildman–Crippen MR) is 70.6 cm³/mol. The lowest BCUT2D eigenvalue weighted by Crippen LogP contribution is -2.44. The molecule has 1 aliphatic heterocycles. The molecule has 106 valence electrons. The summed E-state index contributed by atoms with van der Waals surface area (Å²) in [5.41, 5.74) is 6.01. The molecule has 6 heteroatoms. The van der Waals surface area contributed by atoms with Crippen molar-refractivity contribution in [2.75, 3.05) is 6.54 Å². The van der Waals surface area contributed by atoms with Crippen molar-refractivity contribution in [1.82, 2.24) is 4.90 Å². The summed E-state index contributed by atoms with van der Waals surface area (Å²) in [7, 11) is 0. The zero-order valence-electron chi connectivity index (χ0n) is 10.9. The van der Waals surface area contributed by atoms with Crippen molar-refractivity contribution < 1.29 is 19.5 Å². The third-order valence-corrected chi connectivity index (χ3v) is 3.49. The van der Waals surface area contributed by atoms with Gasteiger partial charge in [-0.05, 0) is 5.56 Å². The van der Waals surface area contributed by atoms with E-state index in [2.05, 4.69) is 0 Å². The Hall–Kier alpha value is -2.37. The summed E-state index contributed by atoms with van der Waals surface area (Å²) in [6.07, 6.45) is 0.210. The quantitative estimate of drug-likeness (QED) is 0.791. The summed E-state index contributed by atoms with van der Waals surface area (Å²) in [6, 6.07) is 8.11. The van der Waals surface area contributed by atoms with Crippen LogP contribution in [-0.2, 0) is 20.8 Å². The maximum Gasteiger partial charge on any atom is 0.326 e. The van der Waals surface area contributed by atoms with Crippen LogP contribution in [-0.4, -0.2) is 40.4 Å². The Morgan fingerprint density at radius 1 is 1.35 bits per heavy atom. The fourth-order valence-electron chi connectivity index (χ4n) is 2.39. The Morgan fingerprint density at radius 3 is 2.50 bits per heavy atom. The van der Waals surface area contributed by atoms with E-state index in [1.54, 1.807) is 0 Å². The Bertz CT molecular complexity index is 529. The molecule has 3 N–H and O–H groups in total. The summed E-state index contributed by atoms with van der Waals surface area (Å²) in [5, 5.41) is 9.33. The third kappa shape index (κ3) is 2.96. The number of carbonyl (C=O) groups is 3. The van der Waals surface area contributed by atoms with Crippen LogP contribution in [0.25, 0.3) is 0 Å². The predicted octanol–water partition coefficient (Wildman–Crippen LogP) is 0.0161. The largest absolute Gasteiger partial charge is 0.480 e. The van der Waals surface area contributed by atoms with E-state index >= 15 is 0 Å². The average molecular weight is 276 g/mol. The number of nitrogens with two attached hydrogens (primary N) is 1. The van der Waals surface area contributed by atoms with E-state index in [0.717, 1.165) is 5.56 Å². The molecule has 1 aromatic carbocycles. The lowest BCUT2D eigenvalue weighted by molar-refractivity contribution is -0.148. The minimum Gasteiger partial charge on any atom is -0.480 e.